The summed E-state index contributed by atoms with van der Waals surface area (Å²) in [5.74, 6) is 0. The second-order valence-corrected chi connectivity index (χ2v) is 9.98. The average Bonchev–Trinajstić information content (AvgIpc) is 2.66. The molecule has 0 saturated heterocycles. The van der Waals surface area contributed by atoms with E-state index in [1.54, 1.807) is 24.3 Å². The molecule has 0 unspecified atom stereocenters. The number of hydrogen-bond donors (Lipinski definition) is 0. The van der Waals surface area contributed by atoms with Crippen molar-refractivity contribution < 1.29 is 28.7 Å². The van der Waals surface area contributed by atoms with E-state index in [2.05, 4.69) is 0 Å². The van der Waals surface area contributed by atoms with E-state index in [-0.39, 0.29) is 46.1 Å². The molecule has 0 aliphatic heterocycles. The van der Waals surface area contributed by atoms with Crippen LogP contribution in [0.25, 0.3) is 21.5 Å². The summed E-state index contributed by atoms with van der Waals surface area (Å²) in [4.78, 5) is 42.4. The molecule has 0 atom stereocenters. The van der Waals surface area contributed by atoms with Crippen LogP contribution >= 0.6 is 15.2 Å². The first kappa shape index (κ1) is 29.3. The SMILES string of the molecule is O=P([O-])([O-])Cc1ccc2ccccc2c1.O=P([O-])([O-])Cc1ccc2ccccc2c1.[Mg+2].[Mg+2]. The molecule has 156 valence electrons. The molecule has 4 aromatic rings. The Hall–Kier alpha value is -0.768. The first-order valence-corrected chi connectivity index (χ1v) is 12.5. The minimum Gasteiger partial charge on any atom is -0.810 e. The molecule has 4 aromatic carbocycles. The molecule has 0 bridgehead atoms. The van der Waals surface area contributed by atoms with Gasteiger partial charge >= 0.3 is 46.1 Å². The van der Waals surface area contributed by atoms with Gasteiger partial charge in [0.1, 0.15) is 0 Å². The molecular weight excluding hydrogens is 471 g/mol. The van der Waals surface area contributed by atoms with E-state index in [4.69, 9.17) is 0 Å². The molecule has 0 amide bonds. The van der Waals surface area contributed by atoms with Crippen molar-refractivity contribution in [2.45, 2.75) is 12.3 Å². The molecule has 0 N–H and O–H groups in total. The van der Waals surface area contributed by atoms with Gasteiger partial charge in [0.25, 0.3) is 0 Å². The Morgan fingerprint density at radius 3 is 1.12 bits per heavy atom. The third-order valence-electron chi connectivity index (χ3n) is 4.38. The van der Waals surface area contributed by atoms with Crippen molar-refractivity contribution in [2.75, 3.05) is 0 Å². The minimum atomic E-state index is -4.47. The molecule has 0 saturated carbocycles. The predicted octanol–water partition coefficient (Wildman–Crippen LogP) is 1.75. The van der Waals surface area contributed by atoms with Gasteiger partial charge in [0.2, 0.25) is 0 Å². The zero-order chi connectivity index (χ0) is 21.8. The molecule has 32 heavy (non-hydrogen) atoms. The Morgan fingerprint density at radius 1 is 0.500 bits per heavy atom. The second-order valence-electron chi connectivity index (χ2n) is 6.90. The Labute approximate surface area is 218 Å². The quantitative estimate of drug-likeness (QED) is 0.318. The van der Waals surface area contributed by atoms with Crippen LogP contribution in [0.15, 0.2) is 84.9 Å². The van der Waals surface area contributed by atoms with E-state index in [0.29, 0.717) is 11.1 Å². The van der Waals surface area contributed by atoms with E-state index in [9.17, 15) is 28.7 Å². The third kappa shape index (κ3) is 9.61. The standard InChI is InChI=1S/2C11H11O3P.2Mg/c2*12-15(13,14)8-9-5-6-10-3-1-2-4-11(10)7-9;;/h2*1-7H,8H2,(H2,12,13,14);;/q;;2*+2/p-4. The molecule has 0 aliphatic rings. The molecule has 6 nitrogen and oxygen atoms in total. The molecule has 0 radical (unpaired) electrons. The molecule has 0 aliphatic carbocycles. The van der Waals surface area contributed by atoms with Crippen LogP contribution in [0.5, 0.6) is 0 Å². The van der Waals surface area contributed by atoms with Gasteiger partial charge in [0.05, 0.1) is 0 Å². The summed E-state index contributed by atoms with van der Waals surface area (Å²) in [6.45, 7) is 0. The maximum atomic E-state index is 10.6. The van der Waals surface area contributed by atoms with Crippen LogP contribution < -0.4 is 19.6 Å². The van der Waals surface area contributed by atoms with Gasteiger partial charge in [-0.3, -0.25) is 0 Å². The Kier molecular flexibility index (Phi) is 11.5. The summed E-state index contributed by atoms with van der Waals surface area (Å²) in [6, 6.07) is 25.7. The van der Waals surface area contributed by atoms with E-state index in [1.807, 2.05) is 60.7 Å². The summed E-state index contributed by atoms with van der Waals surface area (Å²) in [7, 11) is -8.93. The van der Waals surface area contributed by atoms with Gasteiger partial charge in [-0.2, -0.15) is 0 Å². The maximum Gasteiger partial charge on any atom is 2.00 e. The summed E-state index contributed by atoms with van der Waals surface area (Å²) in [5.41, 5.74) is 1.09. The first-order valence-electron chi connectivity index (χ1n) is 9.07. The second kappa shape index (κ2) is 12.6. The molecular formula is C22H18Mg2O6P2. The smallest absolute Gasteiger partial charge is 0.810 e. The van der Waals surface area contributed by atoms with Gasteiger partial charge in [-0.15, -0.1) is 0 Å². The van der Waals surface area contributed by atoms with Crippen molar-refractivity contribution >= 4 is 82.8 Å². The number of rotatable bonds is 4. The number of hydrogen-bond acceptors (Lipinski definition) is 6. The van der Waals surface area contributed by atoms with Crippen LogP contribution in [-0.2, 0) is 21.5 Å². The van der Waals surface area contributed by atoms with E-state index in [1.165, 1.54) is 0 Å². The van der Waals surface area contributed by atoms with Crippen molar-refractivity contribution in [3.05, 3.63) is 96.1 Å². The van der Waals surface area contributed by atoms with Crippen molar-refractivity contribution in [3.8, 4) is 0 Å². The van der Waals surface area contributed by atoms with Crippen molar-refractivity contribution in [3.63, 3.8) is 0 Å². The molecule has 4 rings (SSSR count). The van der Waals surface area contributed by atoms with Crippen LogP contribution in [0.2, 0.25) is 0 Å². The van der Waals surface area contributed by atoms with Crippen LogP contribution in [0.4, 0.5) is 0 Å². The van der Waals surface area contributed by atoms with Gasteiger partial charge in [-0.05, 0) is 32.7 Å². The monoisotopic (exact) mass is 488 g/mol. The largest absolute Gasteiger partial charge is 2.00 e. The van der Waals surface area contributed by atoms with Crippen LogP contribution in [0, 0.1) is 0 Å². The first-order chi connectivity index (χ1) is 14.1. The molecule has 10 heteroatoms. The normalized spacial score (nSPS) is 11.1. The topological polar surface area (TPSA) is 126 Å². The number of fused-ring (bicyclic) bond motifs is 2. The van der Waals surface area contributed by atoms with Gasteiger partial charge in [0.15, 0.2) is 0 Å². The zero-order valence-electron chi connectivity index (χ0n) is 17.3. The van der Waals surface area contributed by atoms with Crippen LogP contribution in [0.3, 0.4) is 0 Å². The maximum absolute atomic E-state index is 10.6. The molecule has 0 heterocycles. The van der Waals surface area contributed by atoms with Gasteiger partial charge in [0, 0.05) is 12.3 Å². The van der Waals surface area contributed by atoms with Crippen LogP contribution in [-0.4, -0.2) is 46.1 Å². The van der Waals surface area contributed by atoms with Gasteiger partial charge < -0.3 is 28.7 Å². The summed E-state index contributed by atoms with van der Waals surface area (Å²) < 4.78 is 21.2. The van der Waals surface area contributed by atoms with Gasteiger partial charge in [-0.1, -0.05) is 100 Å². The molecule has 0 aromatic heterocycles. The fraction of sp³-hybridized carbons (Fsp3) is 0.0909. The van der Waals surface area contributed by atoms with E-state index >= 15 is 0 Å². The summed E-state index contributed by atoms with van der Waals surface area (Å²) >= 11 is 0. The number of benzene rings is 4. The fourth-order valence-electron chi connectivity index (χ4n) is 3.12. The van der Waals surface area contributed by atoms with Gasteiger partial charge in [-0.25, -0.2) is 0 Å². The Balaban J connectivity index is 0.000000301. The summed E-state index contributed by atoms with van der Waals surface area (Å²) in [5, 5.41) is 3.97. The van der Waals surface area contributed by atoms with Crippen molar-refractivity contribution in [1.82, 2.24) is 0 Å². The Bertz CT molecular complexity index is 1170. The van der Waals surface area contributed by atoms with E-state index in [0.717, 1.165) is 21.5 Å². The zero-order valence-corrected chi connectivity index (χ0v) is 21.9. The Morgan fingerprint density at radius 2 is 0.812 bits per heavy atom. The predicted molar refractivity (Wildman–Crippen MR) is 122 cm³/mol. The molecule has 0 spiro atoms. The minimum absolute atomic E-state index is 0. The summed E-state index contributed by atoms with van der Waals surface area (Å²) in [6.07, 6.45) is -0.838. The van der Waals surface area contributed by atoms with Crippen molar-refractivity contribution in [1.29, 1.82) is 0 Å². The van der Waals surface area contributed by atoms with E-state index < -0.39 is 27.5 Å². The third-order valence-corrected chi connectivity index (χ3v) is 5.89. The van der Waals surface area contributed by atoms with Crippen molar-refractivity contribution in [2.24, 2.45) is 0 Å². The average molecular weight is 489 g/mol. The fourth-order valence-corrected chi connectivity index (χ4v) is 4.41. The molecule has 0 fully saturated rings. The van der Waals surface area contributed by atoms with Crippen LogP contribution in [0.1, 0.15) is 11.1 Å².